The maximum atomic E-state index is 13.3. The van der Waals surface area contributed by atoms with E-state index in [4.69, 9.17) is 9.47 Å². The number of aryl methyl sites for hydroxylation is 1. The Labute approximate surface area is 190 Å². The van der Waals surface area contributed by atoms with E-state index < -0.39 is 17.7 Å². The summed E-state index contributed by atoms with van der Waals surface area (Å²) in [5, 5.41) is 10.8. The van der Waals surface area contributed by atoms with E-state index in [-0.39, 0.29) is 29.0 Å². The number of esters is 2. The van der Waals surface area contributed by atoms with Gasteiger partial charge in [0.25, 0.3) is 0 Å². The Hall–Kier alpha value is -2.67. The number of rotatable bonds is 10. The van der Waals surface area contributed by atoms with Crippen LogP contribution in [0.4, 0.5) is 0 Å². The molecule has 0 atom stereocenters. The number of hydrogen-bond acceptors (Lipinski definition) is 6. The highest BCUT2D eigenvalue weighted by Crippen LogP contribution is 2.33. The van der Waals surface area contributed by atoms with E-state index in [1.807, 2.05) is 0 Å². The van der Waals surface area contributed by atoms with Crippen molar-refractivity contribution in [2.45, 2.75) is 46.0 Å². The van der Waals surface area contributed by atoms with Crippen LogP contribution in [-0.2, 0) is 15.9 Å². The van der Waals surface area contributed by atoms with E-state index in [1.54, 1.807) is 31.2 Å². The minimum Gasteiger partial charge on any atom is -0.507 e. The summed E-state index contributed by atoms with van der Waals surface area (Å²) in [5.74, 6) is -2.56. The van der Waals surface area contributed by atoms with Gasteiger partial charge in [-0.1, -0.05) is 42.1 Å². The second-order valence-corrected chi connectivity index (χ2v) is 7.96. The zero-order valence-electron chi connectivity index (χ0n) is 18.0. The summed E-state index contributed by atoms with van der Waals surface area (Å²) in [6.45, 7) is 3.76. The van der Waals surface area contributed by atoms with Crippen molar-refractivity contribution in [1.29, 1.82) is 0 Å². The van der Waals surface area contributed by atoms with E-state index in [2.05, 4.69) is 22.9 Å². The highest BCUT2D eigenvalue weighted by Gasteiger charge is 2.31. The Bertz CT molecular complexity index is 950. The summed E-state index contributed by atoms with van der Waals surface area (Å²) < 4.78 is 10.7. The maximum Gasteiger partial charge on any atom is 0.342 e. The number of ether oxygens (including phenoxy) is 2. The molecule has 0 aromatic heterocycles. The van der Waals surface area contributed by atoms with Crippen LogP contribution in [0.3, 0.4) is 0 Å². The molecular formula is C24H27BrO6. The maximum absolute atomic E-state index is 13.3. The summed E-state index contributed by atoms with van der Waals surface area (Å²) in [5.41, 5.74) is 0.146. The molecule has 2 aromatic rings. The average molecular weight is 491 g/mol. The molecular weight excluding hydrogens is 464 g/mol. The standard InChI is InChI=1S/C24H27BrO6/c1-4-6-7-8-9-16-14-18(21(26)15-10-12-17(25)13-11-15)19(24(29)31-5-2)20(22(16)27)23(28)30-3/h10-14,27H,4-9H2,1-3H3. The van der Waals surface area contributed by atoms with Crippen LogP contribution in [0.5, 0.6) is 5.75 Å². The first-order valence-corrected chi connectivity index (χ1v) is 11.1. The highest BCUT2D eigenvalue weighted by atomic mass is 79.9. The average Bonchev–Trinajstić information content (AvgIpc) is 2.76. The van der Waals surface area contributed by atoms with Gasteiger partial charge >= 0.3 is 11.9 Å². The SMILES string of the molecule is CCCCCCc1cc(C(=O)c2ccc(Br)cc2)c(C(=O)OCC)c(C(=O)OC)c1O. The first-order chi connectivity index (χ1) is 14.8. The lowest BCUT2D eigenvalue weighted by molar-refractivity contribution is 0.0499. The molecule has 31 heavy (non-hydrogen) atoms. The number of methoxy groups -OCH3 is 1. The van der Waals surface area contributed by atoms with E-state index >= 15 is 0 Å². The van der Waals surface area contributed by atoms with E-state index in [1.165, 1.54) is 6.07 Å². The molecule has 2 rings (SSSR count). The molecule has 6 nitrogen and oxygen atoms in total. The minimum absolute atomic E-state index is 0.00413. The lowest BCUT2D eigenvalue weighted by Crippen LogP contribution is -2.20. The Morgan fingerprint density at radius 1 is 0.968 bits per heavy atom. The van der Waals surface area contributed by atoms with Crippen molar-refractivity contribution < 1.29 is 29.0 Å². The van der Waals surface area contributed by atoms with Gasteiger partial charge in [-0.25, -0.2) is 9.59 Å². The van der Waals surface area contributed by atoms with E-state index in [0.717, 1.165) is 37.3 Å². The van der Waals surface area contributed by atoms with Gasteiger partial charge in [0, 0.05) is 15.6 Å². The van der Waals surface area contributed by atoms with Crippen molar-refractivity contribution in [2.75, 3.05) is 13.7 Å². The molecule has 0 spiro atoms. The fourth-order valence-electron chi connectivity index (χ4n) is 3.31. The first kappa shape index (κ1) is 24.6. The van der Waals surface area contributed by atoms with Gasteiger partial charge in [0.1, 0.15) is 11.3 Å². The van der Waals surface area contributed by atoms with Crippen LogP contribution in [0.2, 0.25) is 0 Å². The monoisotopic (exact) mass is 490 g/mol. The molecule has 0 saturated carbocycles. The molecule has 166 valence electrons. The number of carbonyl (C=O) groups is 3. The second-order valence-electron chi connectivity index (χ2n) is 7.04. The number of phenolic OH excluding ortho intramolecular Hbond substituents is 1. The normalized spacial score (nSPS) is 10.6. The Kier molecular flexibility index (Phi) is 9.24. The van der Waals surface area contributed by atoms with Crippen molar-refractivity contribution in [3.05, 3.63) is 62.6 Å². The molecule has 0 unspecified atom stereocenters. The van der Waals surface area contributed by atoms with Crippen molar-refractivity contribution in [3.8, 4) is 5.75 Å². The molecule has 7 heteroatoms. The number of aromatic hydroxyl groups is 1. The van der Waals surface area contributed by atoms with Gasteiger partial charge in [-0.05, 0) is 55.7 Å². The first-order valence-electron chi connectivity index (χ1n) is 10.3. The summed E-state index contributed by atoms with van der Waals surface area (Å²) in [6.07, 6.45) is 4.26. The molecule has 0 amide bonds. The third-order valence-corrected chi connectivity index (χ3v) is 5.43. The number of ketones is 1. The molecule has 0 aliphatic heterocycles. The Morgan fingerprint density at radius 3 is 2.23 bits per heavy atom. The van der Waals surface area contributed by atoms with E-state index in [9.17, 15) is 19.5 Å². The van der Waals surface area contributed by atoms with Gasteiger partial charge in [-0.3, -0.25) is 4.79 Å². The van der Waals surface area contributed by atoms with Gasteiger partial charge in [0.05, 0.1) is 19.3 Å². The van der Waals surface area contributed by atoms with Gasteiger partial charge < -0.3 is 14.6 Å². The zero-order valence-corrected chi connectivity index (χ0v) is 19.6. The Balaban J connectivity index is 2.70. The predicted octanol–water partition coefficient (Wildman–Crippen LogP) is 5.47. The quantitative estimate of drug-likeness (QED) is 0.269. The number of hydrogen-bond donors (Lipinski definition) is 1. The van der Waals surface area contributed by atoms with Crippen LogP contribution in [0.15, 0.2) is 34.8 Å². The molecule has 0 aliphatic carbocycles. The van der Waals surface area contributed by atoms with Crippen LogP contribution in [-0.4, -0.2) is 36.5 Å². The molecule has 0 fully saturated rings. The fourth-order valence-corrected chi connectivity index (χ4v) is 3.58. The van der Waals surface area contributed by atoms with Gasteiger partial charge in [-0.15, -0.1) is 0 Å². The molecule has 0 heterocycles. The summed E-state index contributed by atoms with van der Waals surface area (Å²) >= 11 is 3.33. The van der Waals surface area contributed by atoms with Gasteiger partial charge in [0.15, 0.2) is 5.78 Å². The summed E-state index contributed by atoms with van der Waals surface area (Å²) in [6, 6.07) is 8.15. The number of carbonyl (C=O) groups excluding carboxylic acids is 3. The lowest BCUT2D eigenvalue weighted by Gasteiger charge is -2.17. The molecule has 0 aliphatic rings. The van der Waals surface area contributed by atoms with Crippen LogP contribution in [0.1, 0.15) is 81.7 Å². The van der Waals surface area contributed by atoms with Crippen LogP contribution in [0.25, 0.3) is 0 Å². The third-order valence-electron chi connectivity index (χ3n) is 4.90. The van der Waals surface area contributed by atoms with Crippen molar-refractivity contribution in [3.63, 3.8) is 0 Å². The highest BCUT2D eigenvalue weighted by molar-refractivity contribution is 9.10. The topological polar surface area (TPSA) is 89.9 Å². The number of benzene rings is 2. The number of phenols is 1. The fraction of sp³-hybridized carbons (Fsp3) is 0.375. The second kappa shape index (κ2) is 11.6. The molecule has 0 radical (unpaired) electrons. The Morgan fingerprint density at radius 2 is 1.65 bits per heavy atom. The predicted molar refractivity (Wildman–Crippen MR) is 121 cm³/mol. The van der Waals surface area contributed by atoms with E-state index in [0.29, 0.717) is 17.5 Å². The number of halogens is 1. The largest absolute Gasteiger partial charge is 0.507 e. The minimum atomic E-state index is -0.902. The van der Waals surface area contributed by atoms with Crippen molar-refractivity contribution in [1.82, 2.24) is 0 Å². The summed E-state index contributed by atoms with van der Waals surface area (Å²) in [7, 11) is 1.15. The van der Waals surface area contributed by atoms with Crippen molar-refractivity contribution in [2.24, 2.45) is 0 Å². The zero-order chi connectivity index (χ0) is 23.0. The smallest absolute Gasteiger partial charge is 0.342 e. The lowest BCUT2D eigenvalue weighted by atomic mass is 9.89. The third kappa shape index (κ3) is 5.94. The van der Waals surface area contributed by atoms with Gasteiger partial charge in [-0.2, -0.15) is 0 Å². The summed E-state index contributed by atoms with van der Waals surface area (Å²) in [4.78, 5) is 38.6. The van der Waals surface area contributed by atoms with Crippen LogP contribution >= 0.6 is 15.9 Å². The molecule has 1 N–H and O–H groups in total. The van der Waals surface area contributed by atoms with Crippen molar-refractivity contribution >= 4 is 33.7 Å². The number of unbranched alkanes of at least 4 members (excludes halogenated alkanes) is 3. The van der Waals surface area contributed by atoms with Crippen LogP contribution in [0, 0.1) is 0 Å². The molecule has 0 saturated heterocycles. The van der Waals surface area contributed by atoms with Crippen LogP contribution < -0.4 is 0 Å². The molecule has 2 aromatic carbocycles. The van der Waals surface area contributed by atoms with Gasteiger partial charge in [0.2, 0.25) is 0 Å². The molecule has 0 bridgehead atoms.